The standard InChI is InChI=1S/C3H8N2O/c4-1-3(5)2-6/h2-3H,1,4-5H2/t3-/m1/s1. The van der Waals surface area contributed by atoms with E-state index in [-0.39, 0.29) is 6.54 Å². The van der Waals surface area contributed by atoms with E-state index in [0.717, 1.165) is 0 Å². The molecular weight excluding hydrogens is 80.0 g/mol. The Hall–Kier alpha value is -0.410. The number of nitrogens with two attached hydrogens (primary N) is 2. The van der Waals surface area contributed by atoms with E-state index in [1.807, 2.05) is 0 Å². The van der Waals surface area contributed by atoms with E-state index in [1.54, 1.807) is 0 Å². The monoisotopic (exact) mass is 88.1 g/mol. The van der Waals surface area contributed by atoms with Crippen LogP contribution in [-0.4, -0.2) is 18.9 Å². The lowest BCUT2D eigenvalue weighted by Gasteiger charge is -1.91. The van der Waals surface area contributed by atoms with Gasteiger partial charge in [0.1, 0.15) is 6.29 Å². The van der Waals surface area contributed by atoms with Gasteiger partial charge in [-0.2, -0.15) is 0 Å². The van der Waals surface area contributed by atoms with Crippen LogP contribution in [0.15, 0.2) is 0 Å². The van der Waals surface area contributed by atoms with E-state index in [1.165, 1.54) is 0 Å². The van der Waals surface area contributed by atoms with Crippen molar-refractivity contribution in [1.82, 2.24) is 0 Å². The fourth-order valence-electron chi connectivity index (χ4n) is 0.0556. The molecular formula is C3H8N2O. The second kappa shape index (κ2) is 2.81. The Labute approximate surface area is 36.3 Å². The molecule has 6 heavy (non-hydrogen) atoms. The van der Waals surface area contributed by atoms with Crippen molar-refractivity contribution in [3.8, 4) is 0 Å². The van der Waals surface area contributed by atoms with Crippen LogP contribution in [0.3, 0.4) is 0 Å². The van der Waals surface area contributed by atoms with Crippen molar-refractivity contribution in [2.45, 2.75) is 6.04 Å². The molecule has 0 spiro atoms. The second-order valence-corrected chi connectivity index (χ2v) is 1.04. The highest BCUT2D eigenvalue weighted by molar-refractivity contribution is 5.57. The quantitative estimate of drug-likeness (QED) is 0.402. The highest BCUT2D eigenvalue weighted by Gasteiger charge is 1.89. The average Bonchev–Trinajstić information content (AvgIpc) is 1.65. The molecule has 0 radical (unpaired) electrons. The van der Waals surface area contributed by atoms with Crippen LogP contribution in [0.2, 0.25) is 0 Å². The molecule has 0 aromatic carbocycles. The number of aldehydes is 1. The van der Waals surface area contributed by atoms with Crippen LogP contribution >= 0.6 is 0 Å². The largest absolute Gasteiger partial charge is 0.329 e. The van der Waals surface area contributed by atoms with Crippen molar-refractivity contribution < 1.29 is 4.79 Å². The van der Waals surface area contributed by atoms with Gasteiger partial charge in [0.15, 0.2) is 0 Å². The lowest BCUT2D eigenvalue weighted by Crippen LogP contribution is -2.30. The molecule has 3 nitrogen and oxygen atoms in total. The zero-order chi connectivity index (χ0) is 4.99. The fourth-order valence-corrected chi connectivity index (χ4v) is 0.0556. The number of carbonyl (C=O) groups excluding carboxylic acids is 1. The van der Waals surface area contributed by atoms with Crippen LogP contribution in [0.4, 0.5) is 0 Å². The molecule has 0 aromatic heterocycles. The molecule has 0 aliphatic rings. The van der Waals surface area contributed by atoms with Crippen molar-refractivity contribution >= 4 is 6.29 Å². The minimum atomic E-state index is -0.468. The minimum absolute atomic E-state index is 0.240. The van der Waals surface area contributed by atoms with Crippen LogP contribution in [-0.2, 0) is 4.79 Å². The van der Waals surface area contributed by atoms with Crippen LogP contribution in [0, 0.1) is 0 Å². The molecule has 0 bridgehead atoms. The molecule has 0 saturated carbocycles. The molecule has 3 heteroatoms. The number of carbonyl (C=O) groups is 1. The molecule has 0 saturated heterocycles. The van der Waals surface area contributed by atoms with Gasteiger partial charge in [0.25, 0.3) is 0 Å². The molecule has 0 heterocycles. The maximum atomic E-state index is 9.53. The Kier molecular flexibility index (Phi) is 2.62. The van der Waals surface area contributed by atoms with Gasteiger partial charge in [-0.1, -0.05) is 0 Å². The summed E-state index contributed by atoms with van der Waals surface area (Å²) in [6, 6.07) is -0.468. The van der Waals surface area contributed by atoms with Crippen LogP contribution in [0.1, 0.15) is 0 Å². The third-order valence-electron chi connectivity index (χ3n) is 0.447. The number of hydrogen-bond acceptors (Lipinski definition) is 3. The molecule has 1 atom stereocenters. The molecule has 0 amide bonds. The summed E-state index contributed by atoms with van der Waals surface area (Å²) in [7, 11) is 0. The van der Waals surface area contributed by atoms with Crippen LogP contribution < -0.4 is 11.5 Å². The zero-order valence-electron chi connectivity index (χ0n) is 3.42. The Bertz CT molecular complexity index is 46.1. The molecule has 36 valence electrons. The highest BCUT2D eigenvalue weighted by Crippen LogP contribution is 1.56. The summed E-state index contributed by atoms with van der Waals surface area (Å²) in [5.41, 5.74) is 9.91. The molecule has 0 unspecified atom stereocenters. The summed E-state index contributed by atoms with van der Waals surface area (Å²) in [6.45, 7) is 0.240. The van der Waals surface area contributed by atoms with Crippen molar-refractivity contribution in [2.75, 3.05) is 6.54 Å². The molecule has 0 rings (SSSR count). The summed E-state index contributed by atoms with van der Waals surface area (Å²) in [5.74, 6) is 0. The first-order valence-corrected chi connectivity index (χ1v) is 1.72. The second-order valence-electron chi connectivity index (χ2n) is 1.04. The lowest BCUT2D eigenvalue weighted by molar-refractivity contribution is -0.108. The van der Waals surface area contributed by atoms with Gasteiger partial charge in [0, 0.05) is 6.54 Å². The maximum absolute atomic E-state index is 9.53. The van der Waals surface area contributed by atoms with Crippen molar-refractivity contribution in [3.05, 3.63) is 0 Å². The normalized spacial score (nSPS) is 13.7. The van der Waals surface area contributed by atoms with Gasteiger partial charge in [-0.3, -0.25) is 0 Å². The predicted octanol–water partition coefficient (Wildman–Crippen LogP) is -1.53. The highest BCUT2D eigenvalue weighted by atomic mass is 16.1. The van der Waals surface area contributed by atoms with Gasteiger partial charge in [-0.25, -0.2) is 0 Å². The number of rotatable bonds is 2. The Morgan fingerprint density at radius 3 is 2.33 bits per heavy atom. The van der Waals surface area contributed by atoms with Gasteiger partial charge in [0.2, 0.25) is 0 Å². The van der Waals surface area contributed by atoms with Crippen molar-refractivity contribution in [3.63, 3.8) is 0 Å². The van der Waals surface area contributed by atoms with Gasteiger partial charge in [0.05, 0.1) is 6.04 Å². The van der Waals surface area contributed by atoms with E-state index in [4.69, 9.17) is 11.5 Å². The summed E-state index contributed by atoms with van der Waals surface area (Å²) in [4.78, 5) is 9.53. The predicted molar refractivity (Wildman–Crippen MR) is 23.1 cm³/mol. The van der Waals surface area contributed by atoms with Gasteiger partial charge in [-0.05, 0) is 0 Å². The Balaban J connectivity index is 2.96. The Morgan fingerprint density at radius 1 is 1.83 bits per heavy atom. The van der Waals surface area contributed by atoms with E-state index in [0.29, 0.717) is 6.29 Å². The zero-order valence-corrected chi connectivity index (χ0v) is 3.42. The SMILES string of the molecule is NC[C@@H](N)C=O. The molecule has 0 fully saturated rings. The van der Waals surface area contributed by atoms with Crippen molar-refractivity contribution in [2.24, 2.45) is 11.5 Å². The van der Waals surface area contributed by atoms with E-state index in [2.05, 4.69) is 0 Å². The van der Waals surface area contributed by atoms with Crippen LogP contribution in [0.25, 0.3) is 0 Å². The fraction of sp³-hybridized carbons (Fsp3) is 0.667. The first-order valence-electron chi connectivity index (χ1n) is 1.72. The maximum Gasteiger partial charge on any atom is 0.137 e. The van der Waals surface area contributed by atoms with E-state index >= 15 is 0 Å². The first kappa shape index (κ1) is 5.59. The molecule has 0 aromatic rings. The third-order valence-corrected chi connectivity index (χ3v) is 0.447. The van der Waals surface area contributed by atoms with Crippen molar-refractivity contribution in [1.29, 1.82) is 0 Å². The van der Waals surface area contributed by atoms with E-state index < -0.39 is 6.04 Å². The van der Waals surface area contributed by atoms with Gasteiger partial charge in [-0.15, -0.1) is 0 Å². The van der Waals surface area contributed by atoms with Crippen LogP contribution in [0.5, 0.6) is 0 Å². The molecule has 0 aliphatic heterocycles. The minimum Gasteiger partial charge on any atom is -0.329 e. The summed E-state index contributed by atoms with van der Waals surface area (Å²) < 4.78 is 0. The molecule has 0 aliphatic carbocycles. The van der Waals surface area contributed by atoms with Gasteiger partial charge < -0.3 is 16.3 Å². The third kappa shape index (κ3) is 1.87. The Morgan fingerprint density at radius 2 is 2.33 bits per heavy atom. The summed E-state index contributed by atoms with van der Waals surface area (Å²) in [5, 5.41) is 0. The smallest absolute Gasteiger partial charge is 0.137 e. The summed E-state index contributed by atoms with van der Waals surface area (Å²) in [6.07, 6.45) is 0.625. The first-order chi connectivity index (χ1) is 2.81. The van der Waals surface area contributed by atoms with Gasteiger partial charge >= 0.3 is 0 Å². The molecule has 4 N–H and O–H groups in total. The lowest BCUT2D eigenvalue weighted by atomic mass is 10.4. The van der Waals surface area contributed by atoms with E-state index in [9.17, 15) is 4.79 Å². The number of hydrogen-bond donors (Lipinski definition) is 2. The topological polar surface area (TPSA) is 69.1 Å². The summed E-state index contributed by atoms with van der Waals surface area (Å²) >= 11 is 0. The average molecular weight is 88.1 g/mol.